The van der Waals surface area contributed by atoms with Crippen LogP contribution in [0.3, 0.4) is 0 Å². The summed E-state index contributed by atoms with van der Waals surface area (Å²) in [4.78, 5) is 10.8. The molecule has 2 aromatic carbocycles. The van der Waals surface area contributed by atoms with E-state index in [9.17, 15) is 13.2 Å². The number of hydrogen-bond donors (Lipinski definition) is 2. The van der Waals surface area contributed by atoms with Crippen molar-refractivity contribution in [1.82, 2.24) is 5.32 Å². The SMILES string of the molecule is Cc1cc(OC(C)CNCCCS(=O)(=O)c2sc3ccc(Cl)cc3c2C)cc(C)c1OCC(=O)O. The van der Waals surface area contributed by atoms with Gasteiger partial charge in [-0.3, -0.25) is 0 Å². The molecule has 0 bridgehead atoms. The van der Waals surface area contributed by atoms with E-state index < -0.39 is 22.4 Å². The molecule has 35 heavy (non-hydrogen) atoms. The van der Waals surface area contributed by atoms with Gasteiger partial charge < -0.3 is 19.9 Å². The molecule has 0 aliphatic rings. The molecule has 0 radical (unpaired) electrons. The molecule has 7 nitrogen and oxygen atoms in total. The van der Waals surface area contributed by atoms with Crippen molar-refractivity contribution in [2.24, 2.45) is 0 Å². The minimum atomic E-state index is -3.38. The molecule has 0 saturated heterocycles. The number of sulfone groups is 1. The molecule has 10 heteroatoms. The predicted octanol–water partition coefficient (Wildman–Crippen LogP) is 5.16. The molecule has 1 atom stereocenters. The molecule has 0 spiro atoms. The van der Waals surface area contributed by atoms with Crippen LogP contribution in [0.1, 0.15) is 30.0 Å². The van der Waals surface area contributed by atoms with Gasteiger partial charge in [0, 0.05) is 16.3 Å². The molecule has 0 aliphatic carbocycles. The zero-order valence-electron chi connectivity index (χ0n) is 20.2. The number of carboxylic acid groups (broad SMARTS) is 1. The molecule has 0 amide bonds. The quantitative estimate of drug-likeness (QED) is 0.306. The number of fused-ring (bicyclic) bond motifs is 1. The molecule has 0 saturated carbocycles. The van der Waals surface area contributed by atoms with Gasteiger partial charge in [-0.2, -0.15) is 0 Å². The molecule has 1 unspecified atom stereocenters. The van der Waals surface area contributed by atoms with Crippen molar-refractivity contribution in [3.05, 3.63) is 52.0 Å². The molecule has 0 fully saturated rings. The Hall–Kier alpha value is -2.33. The fourth-order valence-corrected chi connectivity index (χ4v) is 7.27. The number of aliphatic carboxylic acids is 1. The Morgan fingerprint density at radius 2 is 1.86 bits per heavy atom. The molecule has 3 aromatic rings. The topological polar surface area (TPSA) is 102 Å². The molecule has 1 aromatic heterocycles. The Bertz CT molecular complexity index is 1300. The average Bonchev–Trinajstić information content (AvgIpc) is 3.09. The van der Waals surface area contributed by atoms with Gasteiger partial charge in [-0.15, -0.1) is 11.3 Å². The third-order valence-electron chi connectivity index (χ3n) is 5.45. The second kappa shape index (κ2) is 11.6. The smallest absolute Gasteiger partial charge is 0.341 e. The Morgan fingerprint density at radius 1 is 1.17 bits per heavy atom. The van der Waals surface area contributed by atoms with Crippen molar-refractivity contribution in [1.29, 1.82) is 0 Å². The first kappa shape index (κ1) is 27.3. The lowest BCUT2D eigenvalue weighted by Crippen LogP contribution is -2.30. The van der Waals surface area contributed by atoms with Crippen molar-refractivity contribution in [3.8, 4) is 11.5 Å². The Kier molecular flexibility index (Phi) is 9.04. The van der Waals surface area contributed by atoms with E-state index in [-0.39, 0.29) is 11.9 Å². The number of thiophene rings is 1. The molecular weight excluding hydrogens is 510 g/mol. The normalized spacial score (nSPS) is 12.6. The summed E-state index contributed by atoms with van der Waals surface area (Å²) in [5.74, 6) is 0.247. The monoisotopic (exact) mass is 539 g/mol. The third kappa shape index (κ3) is 7.10. The summed E-state index contributed by atoms with van der Waals surface area (Å²) in [6, 6.07) is 9.07. The van der Waals surface area contributed by atoms with Crippen molar-refractivity contribution >= 4 is 48.8 Å². The molecule has 0 aliphatic heterocycles. The van der Waals surface area contributed by atoms with E-state index in [2.05, 4.69) is 5.32 Å². The highest BCUT2D eigenvalue weighted by atomic mass is 35.5. The van der Waals surface area contributed by atoms with E-state index >= 15 is 0 Å². The zero-order chi connectivity index (χ0) is 25.8. The van der Waals surface area contributed by atoms with Crippen molar-refractivity contribution in [2.45, 2.75) is 44.4 Å². The number of ether oxygens (including phenoxy) is 2. The Balaban J connectivity index is 1.48. The summed E-state index contributed by atoms with van der Waals surface area (Å²) >= 11 is 7.36. The first-order valence-corrected chi connectivity index (χ1v) is 14.1. The predicted molar refractivity (Wildman–Crippen MR) is 140 cm³/mol. The first-order chi connectivity index (χ1) is 16.5. The number of benzene rings is 2. The van der Waals surface area contributed by atoms with Crippen molar-refractivity contribution in [3.63, 3.8) is 0 Å². The number of carbonyl (C=O) groups is 1. The maximum absolute atomic E-state index is 12.9. The van der Waals surface area contributed by atoms with Crippen LogP contribution in [0.25, 0.3) is 10.1 Å². The standard InChI is InChI=1S/C25H30ClNO6S2/c1-15-10-20(11-16(2)24(15)32-14-23(28)29)33-17(3)13-27-8-5-9-35(30,31)25-18(4)21-12-19(26)6-7-22(21)34-25/h6-7,10-12,17,27H,5,8-9,13-14H2,1-4H3,(H,28,29). The zero-order valence-corrected chi connectivity index (χ0v) is 22.6. The van der Waals surface area contributed by atoms with Gasteiger partial charge in [-0.05, 0) is 93.1 Å². The highest BCUT2D eigenvalue weighted by Gasteiger charge is 2.21. The van der Waals surface area contributed by atoms with E-state index in [0.717, 1.165) is 26.8 Å². The molecular formula is C25H30ClNO6S2. The largest absolute Gasteiger partial charge is 0.489 e. The van der Waals surface area contributed by atoms with Crippen molar-refractivity contribution in [2.75, 3.05) is 25.4 Å². The summed E-state index contributed by atoms with van der Waals surface area (Å²) in [5, 5.41) is 13.5. The van der Waals surface area contributed by atoms with Crippen LogP contribution >= 0.6 is 22.9 Å². The van der Waals surface area contributed by atoms with Crippen LogP contribution in [-0.2, 0) is 14.6 Å². The van der Waals surface area contributed by atoms with Crippen LogP contribution < -0.4 is 14.8 Å². The van der Waals surface area contributed by atoms with E-state index in [4.69, 9.17) is 26.2 Å². The van der Waals surface area contributed by atoms with Gasteiger partial charge in [0.15, 0.2) is 16.4 Å². The van der Waals surface area contributed by atoms with E-state index in [1.54, 1.807) is 6.07 Å². The second-order valence-corrected chi connectivity index (χ2v) is 12.3. The van der Waals surface area contributed by atoms with Gasteiger partial charge in [0.2, 0.25) is 0 Å². The Labute approximate surface area is 214 Å². The number of halogens is 1. The van der Waals surface area contributed by atoms with Crippen molar-refractivity contribution < 1.29 is 27.8 Å². The van der Waals surface area contributed by atoms with Crippen LogP contribution in [0.5, 0.6) is 11.5 Å². The number of hydrogen-bond acceptors (Lipinski definition) is 7. The van der Waals surface area contributed by atoms with Crippen LogP contribution in [0.15, 0.2) is 34.5 Å². The first-order valence-electron chi connectivity index (χ1n) is 11.2. The average molecular weight is 540 g/mol. The fraction of sp³-hybridized carbons (Fsp3) is 0.400. The maximum atomic E-state index is 12.9. The van der Waals surface area contributed by atoms with Crippen LogP contribution in [0, 0.1) is 20.8 Å². The highest BCUT2D eigenvalue weighted by molar-refractivity contribution is 7.93. The number of aryl methyl sites for hydroxylation is 3. The summed E-state index contributed by atoms with van der Waals surface area (Å²) < 4.78 is 38.5. The van der Waals surface area contributed by atoms with Gasteiger partial charge in [0.1, 0.15) is 21.8 Å². The maximum Gasteiger partial charge on any atom is 0.341 e. The summed E-state index contributed by atoms with van der Waals surface area (Å²) in [6.07, 6.45) is 0.336. The van der Waals surface area contributed by atoms with Crippen LogP contribution in [-0.4, -0.2) is 51.0 Å². The van der Waals surface area contributed by atoms with Crippen LogP contribution in [0.2, 0.25) is 5.02 Å². The van der Waals surface area contributed by atoms with Gasteiger partial charge in [0.25, 0.3) is 0 Å². The fourth-order valence-electron chi connectivity index (χ4n) is 3.87. The summed E-state index contributed by atoms with van der Waals surface area (Å²) in [6.45, 7) is 8.14. The van der Waals surface area contributed by atoms with Gasteiger partial charge in [-0.25, -0.2) is 13.2 Å². The lowest BCUT2D eigenvalue weighted by molar-refractivity contribution is -0.139. The van der Waals surface area contributed by atoms with E-state index in [1.165, 1.54) is 11.3 Å². The summed E-state index contributed by atoms with van der Waals surface area (Å²) in [7, 11) is -3.38. The van der Waals surface area contributed by atoms with Crippen LogP contribution in [0.4, 0.5) is 0 Å². The summed E-state index contributed by atoms with van der Waals surface area (Å²) in [5.41, 5.74) is 2.35. The number of nitrogens with one attached hydrogen (secondary N) is 1. The minimum absolute atomic E-state index is 0.0623. The van der Waals surface area contributed by atoms with Gasteiger partial charge >= 0.3 is 5.97 Å². The molecule has 2 N–H and O–H groups in total. The second-order valence-electron chi connectivity index (χ2n) is 8.53. The highest BCUT2D eigenvalue weighted by Crippen LogP contribution is 2.36. The van der Waals surface area contributed by atoms with Gasteiger partial charge in [-0.1, -0.05) is 11.6 Å². The molecule has 190 valence electrons. The van der Waals surface area contributed by atoms with E-state index in [0.29, 0.717) is 40.2 Å². The molecule has 1 heterocycles. The Morgan fingerprint density at radius 3 is 2.51 bits per heavy atom. The van der Waals surface area contributed by atoms with E-state index in [1.807, 2.05) is 52.0 Å². The third-order valence-corrected chi connectivity index (χ3v) is 9.46. The minimum Gasteiger partial charge on any atom is -0.489 e. The van der Waals surface area contributed by atoms with Gasteiger partial charge in [0.05, 0.1) is 5.75 Å². The number of carboxylic acids is 1. The number of rotatable bonds is 12. The lowest BCUT2D eigenvalue weighted by atomic mass is 10.1. The molecule has 3 rings (SSSR count). The lowest BCUT2D eigenvalue weighted by Gasteiger charge is -2.18.